The van der Waals surface area contributed by atoms with E-state index in [1.54, 1.807) is 25.5 Å². The summed E-state index contributed by atoms with van der Waals surface area (Å²) in [5.74, 6) is -0.798. The van der Waals surface area contributed by atoms with E-state index in [9.17, 15) is 14.4 Å². The van der Waals surface area contributed by atoms with Gasteiger partial charge in [0.2, 0.25) is 5.91 Å². The Morgan fingerprint density at radius 2 is 1.95 bits per heavy atom. The minimum atomic E-state index is -0.612. The second-order valence-corrected chi connectivity index (χ2v) is 10.8. The third-order valence-electron chi connectivity index (χ3n) is 5.95. The summed E-state index contributed by atoms with van der Waals surface area (Å²) in [6.45, 7) is 9.04. The molecule has 3 aromatic heterocycles. The Morgan fingerprint density at radius 1 is 1.18 bits per heavy atom. The van der Waals surface area contributed by atoms with E-state index in [-0.39, 0.29) is 46.4 Å². The van der Waals surface area contributed by atoms with Crippen LogP contribution in [0.4, 0.5) is 5.00 Å². The lowest BCUT2D eigenvalue weighted by Crippen LogP contribution is -2.20. The van der Waals surface area contributed by atoms with Crippen LogP contribution in [0.15, 0.2) is 17.4 Å². The molecule has 1 unspecified atom stereocenters. The normalized spacial score (nSPS) is 14.9. The third kappa shape index (κ3) is 7.05. The predicted octanol–water partition coefficient (Wildman–Crippen LogP) is 3.46. The van der Waals surface area contributed by atoms with Crippen molar-refractivity contribution in [2.75, 3.05) is 30.9 Å². The molecule has 0 spiro atoms. The lowest BCUT2D eigenvalue weighted by atomic mass is 10.1. The summed E-state index contributed by atoms with van der Waals surface area (Å²) < 4.78 is 19.9. The molecule has 12 nitrogen and oxygen atoms in total. The molecule has 3 aromatic rings. The van der Waals surface area contributed by atoms with E-state index >= 15 is 0 Å². The Bertz CT molecular complexity index is 1330. The first-order valence-corrected chi connectivity index (χ1v) is 14.5. The number of rotatable bonds is 12. The zero-order valence-electron chi connectivity index (χ0n) is 22.4. The average molecular weight is 577 g/mol. The number of carbonyl (C=O) groups excluding carboxylic acids is 3. The van der Waals surface area contributed by atoms with Gasteiger partial charge in [0.25, 0.3) is 0 Å². The fraction of sp³-hybridized carbons (Fsp3) is 0.520. The highest BCUT2D eigenvalue weighted by atomic mass is 32.2. The molecule has 4 rings (SSSR count). The summed E-state index contributed by atoms with van der Waals surface area (Å²) in [7, 11) is 0. The van der Waals surface area contributed by atoms with E-state index in [0.717, 1.165) is 36.5 Å². The molecule has 0 bridgehead atoms. The lowest BCUT2D eigenvalue weighted by molar-refractivity contribution is -0.113. The van der Waals surface area contributed by atoms with Gasteiger partial charge in [0.1, 0.15) is 16.4 Å². The molecule has 14 heteroatoms. The molecule has 0 aromatic carbocycles. The van der Waals surface area contributed by atoms with Gasteiger partial charge in [-0.05, 0) is 52.2 Å². The van der Waals surface area contributed by atoms with Crippen LogP contribution in [0.5, 0.6) is 0 Å². The first kappa shape index (κ1) is 28.8. The van der Waals surface area contributed by atoms with Crippen LogP contribution >= 0.6 is 23.1 Å². The smallest absolute Gasteiger partial charge is 0.348 e. The maximum Gasteiger partial charge on any atom is 0.348 e. The number of hydrogen-bond donors (Lipinski definition) is 1. The van der Waals surface area contributed by atoms with E-state index in [1.807, 2.05) is 23.8 Å². The van der Waals surface area contributed by atoms with Crippen LogP contribution in [0.3, 0.4) is 0 Å². The second-order valence-electron chi connectivity index (χ2n) is 8.84. The van der Waals surface area contributed by atoms with Crippen molar-refractivity contribution >= 4 is 45.9 Å². The van der Waals surface area contributed by atoms with Crippen molar-refractivity contribution in [2.24, 2.45) is 0 Å². The lowest BCUT2D eigenvalue weighted by Gasteiger charge is -2.14. The van der Waals surface area contributed by atoms with Crippen molar-refractivity contribution < 1.29 is 28.6 Å². The van der Waals surface area contributed by atoms with Crippen molar-refractivity contribution in [3.63, 3.8) is 0 Å². The first-order chi connectivity index (χ1) is 18.8. The van der Waals surface area contributed by atoms with Gasteiger partial charge in [0.15, 0.2) is 11.0 Å². The largest absolute Gasteiger partial charge is 0.462 e. The summed E-state index contributed by atoms with van der Waals surface area (Å²) in [4.78, 5) is 38.3. The number of thioether (sulfide) groups is 1. The van der Waals surface area contributed by atoms with E-state index in [4.69, 9.17) is 14.2 Å². The van der Waals surface area contributed by atoms with Crippen LogP contribution in [0.2, 0.25) is 0 Å². The van der Waals surface area contributed by atoms with Crippen molar-refractivity contribution in [3.05, 3.63) is 39.8 Å². The van der Waals surface area contributed by atoms with Crippen LogP contribution in [-0.2, 0) is 32.1 Å². The van der Waals surface area contributed by atoms with Crippen LogP contribution in [0.1, 0.15) is 63.8 Å². The predicted molar refractivity (Wildman–Crippen MR) is 145 cm³/mol. The molecule has 1 atom stereocenters. The first-order valence-electron chi connectivity index (χ1n) is 12.7. The average Bonchev–Trinajstić information content (AvgIpc) is 3.69. The van der Waals surface area contributed by atoms with Gasteiger partial charge >= 0.3 is 11.9 Å². The standard InChI is InChI=1S/C25H32N6O6S2/c1-5-35-23(33)20-16(4)21(24(34)36-6-2)39-22(20)26-19(32)14-38-25-28-27-18(13-30-10-9-15(3)29-30)31(25)12-17-8-7-11-37-17/h9-10,17H,5-8,11-14H2,1-4H3,(H,26,32). The molecule has 0 aliphatic carbocycles. The number of thiophene rings is 1. The summed E-state index contributed by atoms with van der Waals surface area (Å²) in [6, 6.07) is 1.92. The number of aromatic nitrogens is 5. The maximum atomic E-state index is 13.0. The number of aryl methyl sites for hydroxylation is 1. The number of hydrogen-bond acceptors (Lipinski definition) is 11. The molecular weight excluding hydrogens is 544 g/mol. The molecule has 1 amide bonds. The van der Waals surface area contributed by atoms with Gasteiger partial charge < -0.3 is 24.1 Å². The quantitative estimate of drug-likeness (QED) is 0.252. The number of esters is 2. The van der Waals surface area contributed by atoms with Crippen LogP contribution in [-0.4, -0.2) is 74.1 Å². The SMILES string of the molecule is CCOC(=O)c1sc(NC(=O)CSc2nnc(Cn3ccc(C)n3)n2CC2CCCO2)c(C(=O)OCC)c1C. The zero-order chi connectivity index (χ0) is 27.9. The Kier molecular flexibility index (Phi) is 9.75. The van der Waals surface area contributed by atoms with Crippen molar-refractivity contribution in [3.8, 4) is 0 Å². The van der Waals surface area contributed by atoms with E-state index < -0.39 is 11.9 Å². The summed E-state index contributed by atoms with van der Waals surface area (Å²) in [5.41, 5.74) is 1.47. The molecule has 39 heavy (non-hydrogen) atoms. The fourth-order valence-electron chi connectivity index (χ4n) is 4.15. The molecular formula is C25H32N6O6S2. The molecule has 1 aliphatic heterocycles. The molecule has 4 heterocycles. The maximum absolute atomic E-state index is 13.0. The molecule has 0 saturated carbocycles. The molecule has 1 fully saturated rings. The number of nitrogens with zero attached hydrogens (tertiary/aromatic N) is 5. The van der Waals surface area contributed by atoms with Gasteiger partial charge in [-0.15, -0.1) is 21.5 Å². The van der Waals surface area contributed by atoms with E-state index in [0.29, 0.717) is 29.6 Å². The molecule has 0 radical (unpaired) electrons. The third-order valence-corrected chi connectivity index (χ3v) is 8.11. The van der Waals surface area contributed by atoms with Crippen LogP contribution < -0.4 is 5.32 Å². The summed E-state index contributed by atoms with van der Waals surface area (Å²) in [5, 5.41) is 16.8. The highest BCUT2D eigenvalue weighted by molar-refractivity contribution is 7.99. The number of nitrogens with one attached hydrogen (secondary N) is 1. The highest BCUT2D eigenvalue weighted by Gasteiger charge is 2.28. The Balaban J connectivity index is 1.50. The molecule has 1 N–H and O–H groups in total. The van der Waals surface area contributed by atoms with Crippen molar-refractivity contribution in [1.82, 2.24) is 24.5 Å². The van der Waals surface area contributed by atoms with Gasteiger partial charge in [0, 0.05) is 12.8 Å². The van der Waals surface area contributed by atoms with Gasteiger partial charge in [-0.1, -0.05) is 11.8 Å². The fourth-order valence-corrected chi connectivity index (χ4v) is 6.02. The van der Waals surface area contributed by atoms with Crippen LogP contribution in [0.25, 0.3) is 0 Å². The monoisotopic (exact) mass is 576 g/mol. The topological polar surface area (TPSA) is 139 Å². The number of anilines is 1. The minimum absolute atomic E-state index is 0.0124. The van der Waals surface area contributed by atoms with Gasteiger partial charge in [-0.3, -0.25) is 9.48 Å². The van der Waals surface area contributed by atoms with Gasteiger partial charge in [0.05, 0.1) is 42.9 Å². The van der Waals surface area contributed by atoms with Crippen LogP contribution in [0, 0.1) is 13.8 Å². The second kappa shape index (κ2) is 13.2. The zero-order valence-corrected chi connectivity index (χ0v) is 24.0. The van der Waals surface area contributed by atoms with E-state index in [2.05, 4.69) is 20.6 Å². The Hall–Kier alpha value is -3.23. The number of amides is 1. The number of ether oxygens (including phenoxy) is 3. The molecule has 1 saturated heterocycles. The summed E-state index contributed by atoms with van der Waals surface area (Å²) >= 11 is 2.23. The van der Waals surface area contributed by atoms with E-state index in [1.165, 1.54) is 11.8 Å². The van der Waals surface area contributed by atoms with Gasteiger partial charge in [-0.25, -0.2) is 9.59 Å². The molecule has 1 aliphatic rings. The Labute approximate surface area is 234 Å². The summed E-state index contributed by atoms with van der Waals surface area (Å²) in [6.07, 6.45) is 3.88. The molecule has 210 valence electrons. The number of carbonyl (C=O) groups is 3. The minimum Gasteiger partial charge on any atom is -0.462 e. The Morgan fingerprint density at radius 3 is 2.62 bits per heavy atom. The van der Waals surface area contributed by atoms with Gasteiger partial charge in [-0.2, -0.15) is 5.10 Å². The highest BCUT2D eigenvalue weighted by Crippen LogP contribution is 2.34. The van der Waals surface area contributed by atoms with Crippen molar-refractivity contribution in [2.45, 2.75) is 64.9 Å². The van der Waals surface area contributed by atoms with Crippen molar-refractivity contribution in [1.29, 1.82) is 0 Å².